The van der Waals surface area contributed by atoms with Gasteiger partial charge in [0.1, 0.15) is 0 Å². The van der Waals surface area contributed by atoms with Crippen LogP contribution in [0.5, 0.6) is 0 Å². The number of anilines is 1. The van der Waals surface area contributed by atoms with Crippen LogP contribution in [0.25, 0.3) is 0 Å². The zero-order chi connectivity index (χ0) is 14.5. The van der Waals surface area contributed by atoms with E-state index in [1.54, 1.807) is 6.07 Å². The average molecular weight is 347 g/mol. The third-order valence-electron chi connectivity index (χ3n) is 3.59. The molecule has 1 aromatic carbocycles. The molecule has 1 fully saturated rings. The van der Waals surface area contributed by atoms with Crippen molar-refractivity contribution in [3.05, 3.63) is 28.0 Å². The maximum atomic E-state index is 14.3. The monoisotopic (exact) mass is 346 g/mol. The second kappa shape index (κ2) is 7.36. The maximum absolute atomic E-state index is 14.3. The molecule has 112 valence electrons. The van der Waals surface area contributed by atoms with Crippen LogP contribution in [0.15, 0.2) is 16.6 Å². The fourth-order valence-electron chi connectivity index (χ4n) is 2.46. The number of hydrogen-bond donors (Lipinski definition) is 2. The van der Waals surface area contributed by atoms with E-state index >= 15 is 0 Å². The Morgan fingerprint density at radius 1 is 1.40 bits per heavy atom. The summed E-state index contributed by atoms with van der Waals surface area (Å²) in [6, 6.07) is 3.65. The number of hydrogen-bond acceptors (Lipinski definition) is 4. The van der Waals surface area contributed by atoms with Crippen molar-refractivity contribution < 1.29 is 14.2 Å². The normalized spacial score (nSPS) is 16.7. The zero-order valence-corrected chi connectivity index (χ0v) is 12.9. The molecule has 0 aromatic heterocycles. The van der Waals surface area contributed by atoms with E-state index in [0.717, 1.165) is 31.5 Å². The largest absolute Gasteiger partial charge is 0.394 e. The van der Waals surface area contributed by atoms with Crippen molar-refractivity contribution in [2.45, 2.75) is 25.5 Å². The van der Waals surface area contributed by atoms with Gasteiger partial charge in [-0.05, 0) is 40.4 Å². The quantitative estimate of drug-likeness (QED) is 0.856. The predicted molar refractivity (Wildman–Crippen MR) is 80.3 cm³/mol. The molecule has 20 heavy (non-hydrogen) atoms. The van der Waals surface area contributed by atoms with Gasteiger partial charge in [-0.15, -0.1) is 0 Å². The van der Waals surface area contributed by atoms with Gasteiger partial charge >= 0.3 is 0 Å². The van der Waals surface area contributed by atoms with Crippen molar-refractivity contribution in [1.29, 1.82) is 0 Å². The third-order valence-corrected chi connectivity index (χ3v) is 4.45. The molecule has 0 saturated carbocycles. The van der Waals surface area contributed by atoms with Crippen molar-refractivity contribution in [3.63, 3.8) is 0 Å². The van der Waals surface area contributed by atoms with Gasteiger partial charge in [-0.1, -0.05) is 6.07 Å². The molecular weight excluding hydrogens is 327 g/mol. The summed E-state index contributed by atoms with van der Waals surface area (Å²) < 4.78 is 20.3. The maximum Gasteiger partial charge on any atom is 0.160 e. The molecule has 0 aliphatic carbocycles. The molecule has 1 heterocycles. The number of piperidine rings is 1. The van der Waals surface area contributed by atoms with Crippen molar-refractivity contribution >= 4 is 21.6 Å². The van der Waals surface area contributed by atoms with Crippen LogP contribution in [0.3, 0.4) is 0 Å². The van der Waals surface area contributed by atoms with Crippen molar-refractivity contribution in [2.24, 2.45) is 5.73 Å². The number of nitrogens with zero attached hydrogens (tertiary/aromatic N) is 1. The van der Waals surface area contributed by atoms with E-state index < -0.39 is 0 Å². The van der Waals surface area contributed by atoms with Crippen molar-refractivity contribution in [3.8, 4) is 0 Å². The van der Waals surface area contributed by atoms with E-state index in [2.05, 4.69) is 15.9 Å². The van der Waals surface area contributed by atoms with E-state index in [1.165, 1.54) is 0 Å². The third kappa shape index (κ3) is 3.49. The highest BCUT2D eigenvalue weighted by molar-refractivity contribution is 9.10. The Kier molecular flexibility index (Phi) is 5.77. The predicted octanol–water partition coefficient (Wildman–Crippen LogP) is 2.02. The smallest absolute Gasteiger partial charge is 0.160 e. The number of aliphatic hydroxyl groups is 1. The summed E-state index contributed by atoms with van der Waals surface area (Å²) in [6.45, 7) is 2.23. The Hall–Kier alpha value is -0.690. The van der Waals surface area contributed by atoms with E-state index in [-0.39, 0.29) is 18.5 Å². The van der Waals surface area contributed by atoms with Crippen LogP contribution in [0, 0.1) is 5.82 Å². The van der Waals surface area contributed by atoms with Crippen molar-refractivity contribution in [1.82, 2.24) is 0 Å². The molecule has 4 nitrogen and oxygen atoms in total. The summed E-state index contributed by atoms with van der Waals surface area (Å²) in [5.74, 6) is -0.248. The lowest BCUT2D eigenvalue weighted by Crippen LogP contribution is -2.37. The van der Waals surface area contributed by atoms with Crippen LogP contribution in [0.2, 0.25) is 0 Å². The molecule has 0 atom stereocenters. The highest BCUT2D eigenvalue weighted by Gasteiger charge is 2.23. The van der Waals surface area contributed by atoms with E-state index in [0.29, 0.717) is 23.3 Å². The number of benzene rings is 1. The Bertz CT molecular complexity index is 451. The number of nitrogens with two attached hydrogens (primary N) is 1. The number of ether oxygens (including phenoxy) is 1. The highest BCUT2D eigenvalue weighted by Crippen LogP contribution is 2.31. The second-order valence-electron chi connectivity index (χ2n) is 4.86. The Morgan fingerprint density at radius 3 is 2.70 bits per heavy atom. The van der Waals surface area contributed by atoms with Gasteiger partial charge in [0, 0.05) is 19.6 Å². The molecule has 1 saturated heterocycles. The summed E-state index contributed by atoms with van der Waals surface area (Å²) >= 11 is 3.27. The molecule has 6 heteroatoms. The van der Waals surface area contributed by atoms with Crippen LogP contribution < -0.4 is 10.6 Å². The zero-order valence-electron chi connectivity index (χ0n) is 11.3. The van der Waals surface area contributed by atoms with Crippen molar-refractivity contribution in [2.75, 3.05) is 31.2 Å². The van der Waals surface area contributed by atoms with Crippen LogP contribution in [0.1, 0.15) is 18.4 Å². The first-order chi connectivity index (χ1) is 9.67. The van der Waals surface area contributed by atoms with Gasteiger partial charge in [0.2, 0.25) is 0 Å². The molecule has 0 bridgehead atoms. The summed E-state index contributed by atoms with van der Waals surface area (Å²) in [5.41, 5.74) is 6.94. The summed E-state index contributed by atoms with van der Waals surface area (Å²) in [4.78, 5) is 2.03. The number of halogens is 2. The van der Waals surface area contributed by atoms with Gasteiger partial charge in [0.25, 0.3) is 0 Å². The molecule has 1 aromatic rings. The minimum absolute atomic E-state index is 0.0440. The standard InChI is InChI=1S/C14H20BrFN2O2/c15-13-10(9-17)1-2-12(14(13)16)18-5-3-11(4-6-18)20-8-7-19/h1-2,11,19H,3-9,17H2. The topological polar surface area (TPSA) is 58.7 Å². The summed E-state index contributed by atoms with van der Waals surface area (Å²) in [6.07, 6.45) is 1.85. The Balaban J connectivity index is 2.02. The first-order valence-corrected chi connectivity index (χ1v) is 7.61. The SMILES string of the molecule is NCc1ccc(N2CCC(OCCO)CC2)c(F)c1Br. The lowest BCUT2D eigenvalue weighted by Gasteiger charge is -2.34. The molecule has 1 aliphatic heterocycles. The second-order valence-corrected chi connectivity index (χ2v) is 5.65. The van der Waals surface area contributed by atoms with Gasteiger partial charge in [-0.2, -0.15) is 0 Å². The fraction of sp³-hybridized carbons (Fsp3) is 0.571. The van der Waals surface area contributed by atoms with Gasteiger partial charge in [-0.25, -0.2) is 4.39 Å². The molecule has 1 aliphatic rings. The molecule has 0 radical (unpaired) electrons. The first-order valence-electron chi connectivity index (χ1n) is 6.81. The van der Waals surface area contributed by atoms with Gasteiger partial charge < -0.3 is 20.5 Å². The van der Waals surface area contributed by atoms with Crippen LogP contribution in [-0.4, -0.2) is 37.5 Å². The van der Waals surface area contributed by atoms with Crippen LogP contribution in [-0.2, 0) is 11.3 Å². The summed E-state index contributed by atoms with van der Waals surface area (Å²) in [5, 5.41) is 8.74. The lowest BCUT2D eigenvalue weighted by atomic mass is 10.1. The fourth-order valence-corrected chi connectivity index (χ4v) is 2.96. The van der Waals surface area contributed by atoms with E-state index in [9.17, 15) is 4.39 Å². The highest BCUT2D eigenvalue weighted by atomic mass is 79.9. The van der Waals surface area contributed by atoms with Crippen LogP contribution >= 0.6 is 15.9 Å². The van der Waals surface area contributed by atoms with Gasteiger partial charge in [-0.3, -0.25) is 0 Å². The average Bonchev–Trinajstić information content (AvgIpc) is 2.48. The number of rotatable bonds is 5. The molecule has 0 amide bonds. The molecule has 0 spiro atoms. The first kappa shape index (κ1) is 15.7. The molecule has 0 unspecified atom stereocenters. The Labute approximate surface area is 126 Å². The van der Waals surface area contributed by atoms with E-state index in [1.807, 2.05) is 11.0 Å². The van der Waals surface area contributed by atoms with Gasteiger partial charge in [0.05, 0.1) is 29.5 Å². The summed E-state index contributed by atoms with van der Waals surface area (Å²) in [7, 11) is 0. The lowest BCUT2D eigenvalue weighted by molar-refractivity contribution is 0.0158. The minimum Gasteiger partial charge on any atom is -0.394 e. The molecular formula is C14H20BrFN2O2. The van der Waals surface area contributed by atoms with Crippen LogP contribution in [0.4, 0.5) is 10.1 Å². The minimum atomic E-state index is -0.248. The Morgan fingerprint density at radius 2 is 2.10 bits per heavy atom. The van der Waals surface area contributed by atoms with E-state index in [4.69, 9.17) is 15.6 Å². The molecule has 3 N–H and O–H groups in total. The van der Waals surface area contributed by atoms with Gasteiger partial charge in [0.15, 0.2) is 5.82 Å². The number of aliphatic hydroxyl groups excluding tert-OH is 1. The molecule has 2 rings (SSSR count).